The van der Waals surface area contributed by atoms with Crippen LogP contribution in [0.2, 0.25) is 0 Å². The minimum absolute atomic E-state index is 0.00795. The minimum Gasteiger partial charge on any atom is -0.340 e. The maximum absolute atomic E-state index is 7.47. The Kier molecular flexibility index (Phi) is 26.8. The van der Waals surface area contributed by atoms with E-state index in [0.29, 0.717) is 23.7 Å². The first-order valence-electron chi connectivity index (χ1n) is 29.7. The molecule has 0 amide bonds. The molecule has 3 aliphatic rings. The zero-order valence-electron chi connectivity index (χ0n) is 52.3. The van der Waals surface area contributed by atoms with Crippen molar-refractivity contribution in [3.8, 4) is 0 Å². The summed E-state index contributed by atoms with van der Waals surface area (Å²) in [4.78, 5) is 0. The largest absolute Gasteiger partial charge is 0.340 e. The second kappa shape index (κ2) is 30.8. The summed E-state index contributed by atoms with van der Waals surface area (Å²) in [5.41, 5.74) is 17.0. The Hall–Kier alpha value is -4.24. The molecule has 7 unspecified atom stereocenters. The molecule has 0 aromatic heterocycles. The highest BCUT2D eigenvalue weighted by molar-refractivity contribution is 5.41. The molecule has 7 atom stereocenters. The van der Waals surface area contributed by atoms with Gasteiger partial charge in [0.2, 0.25) is 0 Å². The monoisotopic (exact) mass is 1030 g/mol. The maximum atomic E-state index is 7.47. The van der Waals surface area contributed by atoms with Gasteiger partial charge in [-0.05, 0) is 210 Å². The van der Waals surface area contributed by atoms with Gasteiger partial charge in [-0.1, -0.05) is 229 Å². The first-order valence-corrected chi connectivity index (χ1v) is 29.7. The molecule has 0 aromatic rings. The van der Waals surface area contributed by atoms with Crippen LogP contribution < -0.4 is 0 Å². The van der Waals surface area contributed by atoms with Crippen LogP contribution in [0.4, 0.5) is 0 Å². The second-order valence-electron chi connectivity index (χ2n) is 25.9. The van der Waals surface area contributed by atoms with Crippen molar-refractivity contribution in [3.05, 3.63) is 190 Å². The Bertz CT molecular complexity index is 2390. The highest BCUT2D eigenvalue weighted by Gasteiger charge is 2.57. The fourth-order valence-electron chi connectivity index (χ4n) is 11.0. The average molecular weight is 1030 g/mol. The number of allylic oxidation sites excluding steroid dienone is 27. The molecular formula is C74H112O2. The van der Waals surface area contributed by atoms with Gasteiger partial charge < -0.3 is 9.47 Å². The quantitative estimate of drug-likeness (QED) is 0.0549. The van der Waals surface area contributed by atoms with Crippen LogP contribution in [0.5, 0.6) is 0 Å². The fourth-order valence-corrected chi connectivity index (χ4v) is 11.0. The predicted molar refractivity (Wildman–Crippen MR) is 338 cm³/mol. The van der Waals surface area contributed by atoms with Gasteiger partial charge in [-0.25, -0.2) is 0 Å². The summed E-state index contributed by atoms with van der Waals surface area (Å²) in [6.07, 6.45) is 49.4. The van der Waals surface area contributed by atoms with Crippen LogP contribution in [0.15, 0.2) is 190 Å². The molecule has 2 nitrogen and oxygen atoms in total. The molecule has 3 rings (SSSR count). The SMILES string of the molecule is C=C(C)C(C)CCC(=C)C(C)CC/C(C)=C/CCC1OC2(CCC(C)(C)C(/C=C/C(C)=C/C=C/C(C)=C/C=C/C=C(C)/C=C/C=C(C)/C=C/C3=C(C)CCCC3(C)C)=C2C)OC1(C)CCC(C)C(=C)CCC(C)C(=C)C. The highest BCUT2D eigenvalue weighted by Crippen LogP contribution is 2.55. The van der Waals surface area contributed by atoms with Gasteiger partial charge in [0.05, 0.1) is 11.7 Å². The molecular weight excluding hydrogens is 921 g/mol. The van der Waals surface area contributed by atoms with Crippen molar-refractivity contribution >= 4 is 0 Å². The molecule has 76 heavy (non-hydrogen) atoms. The molecule has 0 aromatic carbocycles. The van der Waals surface area contributed by atoms with E-state index in [4.69, 9.17) is 9.47 Å². The molecule has 0 bridgehead atoms. The molecule has 2 aliphatic carbocycles. The van der Waals surface area contributed by atoms with Crippen LogP contribution >= 0.6 is 0 Å². The Morgan fingerprint density at radius 1 is 0.566 bits per heavy atom. The van der Waals surface area contributed by atoms with Crippen molar-refractivity contribution in [2.24, 2.45) is 34.5 Å². The van der Waals surface area contributed by atoms with E-state index < -0.39 is 11.4 Å². The zero-order chi connectivity index (χ0) is 57.0. The summed E-state index contributed by atoms with van der Waals surface area (Å²) in [6, 6.07) is 0. The molecule has 2 heteroatoms. The lowest BCUT2D eigenvalue weighted by molar-refractivity contribution is -0.174. The van der Waals surface area contributed by atoms with Crippen LogP contribution in [-0.2, 0) is 9.47 Å². The van der Waals surface area contributed by atoms with Gasteiger partial charge in [0.25, 0.3) is 0 Å². The lowest BCUT2D eigenvalue weighted by Gasteiger charge is -2.43. The second-order valence-corrected chi connectivity index (χ2v) is 25.9. The summed E-state index contributed by atoms with van der Waals surface area (Å²) >= 11 is 0. The van der Waals surface area contributed by atoms with E-state index in [1.807, 2.05) is 0 Å². The van der Waals surface area contributed by atoms with Crippen LogP contribution in [-0.4, -0.2) is 17.5 Å². The van der Waals surface area contributed by atoms with E-state index in [1.54, 1.807) is 0 Å². The fraction of sp³-hybridized carbons (Fsp3) is 0.568. The van der Waals surface area contributed by atoms with E-state index in [1.165, 1.54) is 91.7 Å². The summed E-state index contributed by atoms with van der Waals surface area (Å²) in [5.74, 6) is 1.23. The van der Waals surface area contributed by atoms with Crippen LogP contribution in [0.3, 0.4) is 0 Å². The molecule has 1 aliphatic heterocycles. The van der Waals surface area contributed by atoms with Gasteiger partial charge >= 0.3 is 0 Å². The first kappa shape index (κ1) is 66.0. The minimum atomic E-state index is -0.740. The summed E-state index contributed by atoms with van der Waals surface area (Å²) in [5, 5.41) is 0. The van der Waals surface area contributed by atoms with E-state index in [-0.39, 0.29) is 16.9 Å². The first-order chi connectivity index (χ1) is 35.5. The standard InChI is InChI=1S/C74H112O2/c1-53(2)60(10)42-44-63(13)62(12)41-38-57(7)35-27-37-70-73(22,50-48-65(15)64(14)45-43-61(11)54(3)4)76-74(75-70)52-51-72(20,21)69(67(74)17)47-40-59(9)34-26-32-56(6)30-24-23-29-55(5)31-25-33-58(8)39-46-68-66(16)36-28-49-71(68,18)19/h23-26,29-35,39-40,46-47,60-62,65,70H,1,3,13-14,27-28,36-38,41-45,48-52H2,2,4-12,15-22H3/b24-23+,31-25+,32-26+,46-39+,47-40+,55-29+,56-30+,57-35+,58-33+,59-34+. The third-order valence-corrected chi connectivity index (χ3v) is 17.9. The van der Waals surface area contributed by atoms with E-state index in [0.717, 1.165) is 77.0 Å². The van der Waals surface area contributed by atoms with Gasteiger partial charge in [0.15, 0.2) is 5.79 Å². The van der Waals surface area contributed by atoms with E-state index in [2.05, 4.69) is 242 Å². The van der Waals surface area contributed by atoms with E-state index >= 15 is 0 Å². The van der Waals surface area contributed by atoms with Gasteiger partial charge in [-0.2, -0.15) is 0 Å². The number of ether oxygens (including phenoxy) is 2. The lowest BCUT2D eigenvalue weighted by atomic mass is 9.70. The van der Waals surface area contributed by atoms with Crippen LogP contribution in [0, 0.1) is 34.5 Å². The Labute approximate surface area is 470 Å². The van der Waals surface area contributed by atoms with Crippen molar-refractivity contribution in [2.75, 3.05) is 0 Å². The molecule has 1 heterocycles. The number of hydrogen-bond donors (Lipinski definition) is 0. The summed E-state index contributed by atoms with van der Waals surface area (Å²) in [7, 11) is 0. The van der Waals surface area contributed by atoms with Crippen molar-refractivity contribution in [3.63, 3.8) is 0 Å². The van der Waals surface area contributed by atoms with Crippen molar-refractivity contribution in [1.82, 2.24) is 0 Å². The number of hydrogen-bond acceptors (Lipinski definition) is 2. The third kappa shape index (κ3) is 21.2. The van der Waals surface area contributed by atoms with Crippen molar-refractivity contribution in [1.29, 1.82) is 0 Å². The van der Waals surface area contributed by atoms with E-state index in [9.17, 15) is 0 Å². The lowest BCUT2D eigenvalue weighted by Crippen LogP contribution is -2.42. The van der Waals surface area contributed by atoms with Crippen LogP contribution in [0.1, 0.15) is 221 Å². The molecule has 1 spiro atoms. The molecule has 1 fully saturated rings. The zero-order valence-corrected chi connectivity index (χ0v) is 52.3. The van der Waals surface area contributed by atoms with Crippen molar-refractivity contribution in [2.45, 2.75) is 238 Å². The van der Waals surface area contributed by atoms with Gasteiger partial charge in [0, 0.05) is 6.42 Å². The topological polar surface area (TPSA) is 18.5 Å². The molecule has 420 valence electrons. The predicted octanol–water partition coefficient (Wildman–Crippen LogP) is 22.7. The molecule has 0 saturated carbocycles. The van der Waals surface area contributed by atoms with Gasteiger partial charge in [0.1, 0.15) is 0 Å². The average Bonchev–Trinajstić information content (AvgIpc) is 3.64. The summed E-state index contributed by atoms with van der Waals surface area (Å²) < 4.78 is 14.9. The van der Waals surface area contributed by atoms with Crippen molar-refractivity contribution < 1.29 is 9.47 Å². The Morgan fingerprint density at radius 2 is 1.03 bits per heavy atom. The number of rotatable bonds is 29. The normalized spacial score (nSPS) is 24.8. The highest BCUT2D eigenvalue weighted by atomic mass is 16.8. The van der Waals surface area contributed by atoms with Gasteiger partial charge in [-0.3, -0.25) is 0 Å². The molecule has 0 N–H and O–H groups in total. The smallest absolute Gasteiger partial charge is 0.192 e. The molecule has 1 saturated heterocycles. The molecule has 0 radical (unpaired) electrons. The van der Waals surface area contributed by atoms with Crippen LogP contribution in [0.25, 0.3) is 0 Å². The maximum Gasteiger partial charge on any atom is 0.192 e. The third-order valence-electron chi connectivity index (χ3n) is 17.9. The van der Waals surface area contributed by atoms with Gasteiger partial charge in [-0.15, -0.1) is 0 Å². The Morgan fingerprint density at radius 3 is 1.54 bits per heavy atom. The summed E-state index contributed by atoms with van der Waals surface area (Å²) in [6.45, 7) is 58.4. The Balaban J connectivity index is 1.75.